The summed E-state index contributed by atoms with van der Waals surface area (Å²) in [5, 5.41) is 74.6. The SMILES string of the molecule is C/C=C\C(=C/C(=O)C(c1ccc(-c2ccc(C(c3cc(-c4ccc(O)cc4)ccc3O)c3cc(-c4ccc(O)cc4)ccc3O)cc2)cc1)c1cc(-c2ccc(O)cc2)ccc1O)c1ccc(O)cc1. The first-order chi connectivity index (χ1) is 33.9. The van der Waals surface area contributed by atoms with E-state index in [1.807, 2.05) is 79.7 Å². The number of benzene rings is 9. The van der Waals surface area contributed by atoms with Gasteiger partial charge in [-0.25, -0.2) is 0 Å². The first-order valence-corrected chi connectivity index (χ1v) is 22.7. The summed E-state index contributed by atoms with van der Waals surface area (Å²) in [5.41, 5.74) is 10.8. The standard InChI is InChI=1S/C62H48O8/c1-2-3-46(40-12-23-50(63)24-13-40)37-60(70)62(56-36-49(22-33-59(56)69)43-18-29-53(66)30-19-43)45-10-6-39(7-11-45)38-4-8-44(9-5-38)61(54-34-47(20-31-57(54)67)41-14-25-51(64)26-15-41)55-35-48(21-32-58(55)68)42-16-27-52(65)28-17-42/h2-37,61-69H,1H3/b3-2-,46-37+. The van der Waals surface area contributed by atoms with Crippen molar-refractivity contribution < 1.29 is 40.5 Å². The second-order valence-electron chi connectivity index (χ2n) is 17.1. The third-order valence-corrected chi connectivity index (χ3v) is 12.6. The molecule has 0 fully saturated rings. The fraction of sp³-hybridized carbons (Fsp3) is 0.0484. The van der Waals surface area contributed by atoms with Crippen LogP contribution in [0.25, 0.3) is 50.1 Å². The zero-order valence-electron chi connectivity index (χ0n) is 38.0. The second kappa shape index (κ2) is 19.9. The van der Waals surface area contributed by atoms with Crippen molar-refractivity contribution in [3.8, 4) is 84.8 Å². The Labute approximate surface area is 405 Å². The predicted octanol–water partition coefficient (Wildman–Crippen LogP) is 13.8. The van der Waals surface area contributed by atoms with Crippen LogP contribution in [0, 0.1) is 0 Å². The molecule has 344 valence electrons. The lowest BCUT2D eigenvalue weighted by Crippen LogP contribution is -2.13. The maximum Gasteiger partial charge on any atom is 0.168 e. The van der Waals surface area contributed by atoms with Gasteiger partial charge in [-0.3, -0.25) is 4.79 Å². The van der Waals surface area contributed by atoms with E-state index in [4.69, 9.17) is 0 Å². The van der Waals surface area contributed by atoms with Crippen LogP contribution in [0.1, 0.15) is 52.1 Å². The minimum Gasteiger partial charge on any atom is -0.508 e. The summed E-state index contributed by atoms with van der Waals surface area (Å²) in [6, 6.07) is 58.2. The maximum absolute atomic E-state index is 14.7. The van der Waals surface area contributed by atoms with Gasteiger partial charge in [0.1, 0.15) is 40.2 Å². The number of aromatic hydroxyl groups is 7. The fourth-order valence-electron chi connectivity index (χ4n) is 8.92. The first kappa shape index (κ1) is 45.9. The van der Waals surface area contributed by atoms with Crippen molar-refractivity contribution in [1.29, 1.82) is 0 Å². The van der Waals surface area contributed by atoms with Crippen LogP contribution in [0.5, 0.6) is 40.2 Å². The van der Waals surface area contributed by atoms with Crippen molar-refractivity contribution >= 4 is 11.4 Å². The topological polar surface area (TPSA) is 159 Å². The van der Waals surface area contributed by atoms with E-state index in [9.17, 15) is 40.5 Å². The third kappa shape index (κ3) is 9.88. The molecule has 7 N–H and O–H groups in total. The summed E-state index contributed by atoms with van der Waals surface area (Å²) >= 11 is 0. The summed E-state index contributed by atoms with van der Waals surface area (Å²) in [6.45, 7) is 1.86. The van der Waals surface area contributed by atoms with Gasteiger partial charge < -0.3 is 35.7 Å². The van der Waals surface area contributed by atoms with Crippen LogP contribution >= 0.6 is 0 Å². The van der Waals surface area contributed by atoms with E-state index >= 15 is 0 Å². The first-order valence-electron chi connectivity index (χ1n) is 22.7. The Bertz CT molecular complexity index is 3280. The van der Waals surface area contributed by atoms with Gasteiger partial charge in [0.15, 0.2) is 5.78 Å². The van der Waals surface area contributed by atoms with Crippen molar-refractivity contribution in [2.45, 2.75) is 18.8 Å². The molecular formula is C62H48O8. The van der Waals surface area contributed by atoms with Crippen LogP contribution in [0.15, 0.2) is 218 Å². The Morgan fingerprint density at radius 3 is 1.09 bits per heavy atom. The molecule has 0 aromatic heterocycles. The molecule has 0 heterocycles. The Hall–Kier alpha value is -9.27. The van der Waals surface area contributed by atoms with E-state index in [0.29, 0.717) is 27.8 Å². The number of allylic oxidation sites excluding steroid dienone is 4. The van der Waals surface area contributed by atoms with Crippen LogP contribution in [0.3, 0.4) is 0 Å². The van der Waals surface area contributed by atoms with Gasteiger partial charge in [0.25, 0.3) is 0 Å². The molecule has 70 heavy (non-hydrogen) atoms. The summed E-state index contributed by atoms with van der Waals surface area (Å²) in [7, 11) is 0. The predicted molar refractivity (Wildman–Crippen MR) is 276 cm³/mol. The highest BCUT2D eigenvalue weighted by molar-refractivity contribution is 6.05. The maximum atomic E-state index is 14.7. The molecule has 0 aliphatic heterocycles. The largest absolute Gasteiger partial charge is 0.508 e. The van der Waals surface area contributed by atoms with Gasteiger partial charge >= 0.3 is 0 Å². The number of hydrogen-bond acceptors (Lipinski definition) is 8. The molecule has 0 saturated heterocycles. The van der Waals surface area contributed by atoms with Crippen molar-refractivity contribution in [2.75, 3.05) is 0 Å². The lowest BCUT2D eigenvalue weighted by molar-refractivity contribution is -0.115. The van der Waals surface area contributed by atoms with E-state index < -0.39 is 11.8 Å². The van der Waals surface area contributed by atoms with Gasteiger partial charge in [-0.1, -0.05) is 127 Å². The number of carbonyl (C=O) groups excluding carboxylic acids is 1. The van der Waals surface area contributed by atoms with Crippen LogP contribution in [-0.2, 0) is 4.79 Å². The minimum atomic E-state index is -0.929. The molecule has 0 bridgehead atoms. The quantitative estimate of drug-likeness (QED) is 0.0342. The molecule has 8 nitrogen and oxygen atoms in total. The van der Waals surface area contributed by atoms with Gasteiger partial charge in [-0.15, -0.1) is 0 Å². The molecular weight excluding hydrogens is 873 g/mol. The molecule has 9 aromatic carbocycles. The minimum absolute atomic E-state index is 0.0288. The van der Waals surface area contributed by atoms with E-state index in [-0.39, 0.29) is 46.0 Å². The Balaban J connectivity index is 1.11. The molecule has 8 heteroatoms. The van der Waals surface area contributed by atoms with Crippen LogP contribution in [0.4, 0.5) is 0 Å². The number of carbonyl (C=O) groups is 1. The van der Waals surface area contributed by atoms with Crippen LogP contribution in [-0.4, -0.2) is 41.5 Å². The highest BCUT2D eigenvalue weighted by atomic mass is 16.3. The molecule has 1 atom stereocenters. The molecule has 0 aliphatic carbocycles. The smallest absolute Gasteiger partial charge is 0.168 e. The highest BCUT2D eigenvalue weighted by Gasteiger charge is 2.27. The number of phenols is 7. The van der Waals surface area contributed by atoms with Crippen LogP contribution in [0.2, 0.25) is 0 Å². The van der Waals surface area contributed by atoms with E-state index in [1.54, 1.807) is 146 Å². The normalized spacial score (nSPS) is 12.1. The molecule has 9 rings (SSSR count). The summed E-state index contributed by atoms with van der Waals surface area (Å²) in [4.78, 5) is 14.7. The van der Waals surface area contributed by atoms with Crippen molar-refractivity contribution in [2.24, 2.45) is 0 Å². The average molecular weight is 921 g/mol. The molecule has 9 aromatic rings. The van der Waals surface area contributed by atoms with Crippen molar-refractivity contribution in [1.82, 2.24) is 0 Å². The number of phenolic OH excluding ortho intramolecular Hbond substituents is 7. The lowest BCUT2D eigenvalue weighted by Gasteiger charge is -2.23. The fourth-order valence-corrected chi connectivity index (χ4v) is 8.92. The molecule has 0 spiro atoms. The zero-order chi connectivity index (χ0) is 48.9. The highest BCUT2D eigenvalue weighted by Crippen LogP contribution is 2.45. The third-order valence-electron chi connectivity index (χ3n) is 12.6. The summed E-state index contributed by atoms with van der Waals surface area (Å²) in [5.74, 6) is -1.37. The Morgan fingerprint density at radius 2 is 0.686 bits per heavy atom. The van der Waals surface area contributed by atoms with Gasteiger partial charge in [-0.2, -0.15) is 0 Å². The van der Waals surface area contributed by atoms with E-state index in [1.165, 1.54) is 0 Å². The van der Waals surface area contributed by atoms with Crippen molar-refractivity contribution in [3.63, 3.8) is 0 Å². The Kier molecular flexibility index (Phi) is 13.0. The van der Waals surface area contributed by atoms with Gasteiger partial charge in [0, 0.05) is 22.6 Å². The molecule has 0 saturated carbocycles. The van der Waals surface area contributed by atoms with Gasteiger partial charge in [-0.05, 0) is 165 Å². The lowest BCUT2D eigenvalue weighted by atomic mass is 9.81. The zero-order valence-corrected chi connectivity index (χ0v) is 38.0. The number of rotatable bonds is 13. The summed E-state index contributed by atoms with van der Waals surface area (Å²) < 4.78 is 0. The monoisotopic (exact) mass is 920 g/mol. The van der Waals surface area contributed by atoms with E-state index in [2.05, 4.69) is 0 Å². The van der Waals surface area contributed by atoms with Crippen LogP contribution < -0.4 is 0 Å². The number of hydrogen-bond donors (Lipinski definition) is 7. The Morgan fingerprint density at radius 1 is 0.371 bits per heavy atom. The van der Waals surface area contributed by atoms with Gasteiger partial charge in [0.2, 0.25) is 0 Å². The van der Waals surface area contributed by atoms with Crippen molar-refractivity contribution in [3.05, 3.63) is 252 Å². The average Bonchev–Trinajstić information content (AvgIpc) is 3.37. The van der Waals surface area contributed by atoms with E-state index in [0.717, 1.165) is 55.6 Å². The molecule has 0 radical (unpaired) electrons. The second-order valence-corrected chi connectivity index (χ2v) is 17.1. The van der Waals surface area contributed by atoms with Gasteiger partial charge in [0.05, 0.1) is 5.92 Å². The molecule has 0 amide bonds. The number of ketones is 1. The summed E-state index contributed by atoms with van der Waals surface area (Å²) in [6.07, 6.45) is 5.22. The molecule has 0 aliphatic rings. The molecule has 1 unspecified atom stereocenters.